The van der Waals surface area contributed by atoms with Crippen LogP contribution in [0.3, 0.4) is 0 Å². The summed E-state index contributed by atoms with van der Waals surface area (Å²) in [6.07, 6.45) is -9.29. The Morgan fingerprint density at radius 1 is 0.938 bits per heavy atom. The van der Waals surface area contributed by atoms with Gasteiger partial charge in [0.15, 0.2) is 22.9 Å². The summed E-state index contributed by atoms with van der Waals surface area (Å²) in [6.45, 7) is 0. The first-order chi connectivity index (χ1) is 15.2. The second-order valence-electron chi connectivity index (χ2n) is 7.16. The molecule has 168 valence electrons. The van der Waals surface area contributed by atoms with Gasteiger partial charge in [0.2, 0.25) is 12.0 Å². The normalized spacial score (nSPS) is 25.5. The molecule has 6 N–H and O–H groups in total. The minimum atomic E-state index is -1.90. The van der Waals surface area contributed by atoms with Crippen molar-refractivity contribution in [3.05, 3.63) is 52.7 Å². The molecule has 1 aliphatic rings. The molecule has 11 heteroatoms. The van der Waals surface area contributed by atoms with Crippen LogP contribution in [0.5, 0.6) is 17.2 Å². The maximum absolute atomic E-state index is 12.5. The van der Waals surface area contributed by atoms with Crippen molar-refractivity contribution in [3.63, 3.8) is 0 Å². The highest BCUT2D eigenvalue weighted by molar-refractivity contribution is 5.86. The van der Waals surface area contributed by atoms with E-state index < -0.39 is 47.9 Å². The molecule has 0 aliphatic carbocycles. The molecule has 32 heavy (non-hydrogen) atoms. The second-order valence-corrected chi connectivity index (χ2v) is 7.16. The van der Waals surface area contributed by atoms with Crippen LogP contribution in [-0.2, 0) is 9.53 Å². The van der Waals surface area contributed by atoms with Gasteiger partial charge in [0, 0.05) is 11.6 Å². The number of phenols is 2. The quantitative estimate of drug-likeness (QED) is 0.320. The van der Waals surface area contributed by atoms with E-state index in [1.807, 2.05) is 0 Å². The lowest BCUT2D eigenvalue weighted by Crippen LogP contribution is -2.61. The van der Waals surface area contributed by atoms with E-state index in [9.17, 15) is 35.1 Å². The van der Waals surface area contributed by atoms with Crippen LogP contribution in [0.4, 0.5) is 0 Å². The number of aliphatic hydroxyl groups is 3. The zero-order valence-electron chi connectivity index (χ0n) is 16.2. The van der Waals surface area contributed by atoms with Crippen LogP contribution in [-0.4, -0.2) is 67.3 Å². The summed E-state index contributed by atoms with van der Waals surface area (Å²) in [5.74, 6) is -2.46. The van der Waals surface area contributed by atoms with Gasteiger partial charge in [0.1, 0.15) is 29.8 Å². The van der Waals surface area contributed by atoms with E-state index in [1.165, 1.54) is 42.5 Å². The summed E-state index contributed by atoms with van der Waals surface area (Å²) in [7, 11) is 0. The number of benzene rings is 2. The van der Waals surface area contributed by atoms with Crippen molar-refractivity contribution >= 4 is 16.9 Å². The standard InChI is InChI=1S/C21H18O11/c22-9-3-1-8(2-4-9)13-7-11(23)10-5-6-12(14(24)18(10)30-13)31-21-17(27)15(25)16(26)19(32-21)20(28)29/h1-7,15-17,19,21-22,24-27H,(H,28,29). The Labute approximate surface area is 178 Å². The summed E-state index contributed by atoms with van der Waals surface area (Å²) in [5, 5.41) is 59.0. The van der Waals surface area contributed by atoms with Gasteiger partial charge >= 0.3 is 5.97 Å². The van der Waals surface area contributed by atoms with E-state index in [0.717, 1.165) is 0 Å². The van der Waals surface area contributed by atoms with Crippen LogP contribution >= 0.6 is 0 Å². The molecule has 2 heterocycles. The van der Waals surface area contributed by atoms with E-state index in [0.29, 0.717) is 5.56 Å². The Hall–Kier alpha value is -3.64. The highest BCUT2D eigenvalue weighted by Crippen LogP contribution is 2.37. The fourth-order valence-corrected chi connectivity index (χ4v) is 3.32. The SMILES string of the molecule is O=C(O)C1OC(Oc2ccc3c(=O)cc(-c4ccc(O)cc4)oc3c2O)C(O)C(O)C1O. The van der Waals surface area contributed by atoms with Crippen molar-refractivity contribution in [3.8, 4) is 28.6 Å². The minimum absolute atomic E-state index is 0.00781. The lowest BCUT2D eigenvalue weighted by molar-refractivity contribution is -0.271. The molecule has 11 nitrogen and oxygen atoms in total. The number of aliphatic carboxylic acids is 1. The molecule has 0 spiro atoms. The fourth-order valence-electron chi connectivity index (χ4n) is 3.32. The lowest BCUT2D eigenvalue weighted by atomic mass is 9.99. The Balaban J connectivity index is 1.72. The zero-order valence-corrected chi connectivity index (χ0v) is 16.2. The maximum atomic E-state index is 12.5. The Morgan fingerprint density at radius 2 is 1.62 bits per heavy atom. The second kappa shape index (κ2) is 8.13. The maximum Gasteiger partial charge on any atom is 0.335 e. The third-order valence-corrected chi connectivity index (χ3v) is 5.04. The van der Waals surface area contributed by atoms with Gasteiger partial charge in [-0.1, -0.05) is 0 Å². The van der Waals surface area contributed by atoms with E-state index in [4.69, 9.17) is 19.0 Å². The van der Waals surface area contributed by atoms with Crippen LogP contribution in [0.2, 0.25) is 0 Å². The van der Waals surface area contributed by atoms with Crippen molar-refractivity contribution in [2.75, 3.05) is 0 Å². The number of carboxylic acid groups (broad SMARTS) is 1. The number of hydrogen-bond acceptors (Lipinski definition) is 10. The van der Waals surface area contributed by atoms with Crippen LogP contribution in [0.1, 0.15) is 0 Å². The predicted octanol–water partition coefficient (Wildman–Crippen LogP) is 0.142. The summed E-state index contributed by atoms with van der Waals surface area (Å²) in [5.41, 5.74) is -0.284. The predicted molar refractivity (Wildman–Crippen MR) is 106 cm³/mol. The van der Waals surface area contributed by atoms with Crippen molar-refractivity contribution in [1.82, 2.24) is 0 Å². The molecule has 3 aromatic rings. The largest absolute Gasteiger partial charge is 0.508 e. The Kier molecular flexibility index (Phi) is 5.48. The molecule has 5 unspecified atom stereocenters. The average molecular weight is 446 g/mol. The molecule has 0 radical (unpaired) electrons. The van der Waals surface area contributed by atoms with E-state index >= 15 is 0 Å². The number of aromatic hydroxyl groups is 2. The lowest BCUT2D eigenvalue weighted by Gasteiger charge is -2.38. The first-order valence-corrected chi connectivity index (χ1v) is 9.35. The molecular weight excluding hydrogens is 428 g/mol. The van der Waals surface area contributed by atoms with Crippen LogP contribution in [0.15, 0.2) is 51.7 Å². The highest BCUT2D eigenvalue weighted by atomic mass is 16.7. The van der Waals surface area contributed by atoms with Gasteiger partial charge in [0.25, 0.3) is 0 Å². The number of ether oxygens (including phenoxy) is 2. The van der Waals surface area contributed by atoms with Crippen molar-refractivity contribution in [2.45, 2.75) is 30.7 Å². The number of aliphatic hydroxyl groups excluding tert-OH is 3. The number of carboxylic acids is 1. The zero-order chi connectivity index (χ0) is 23.2. The number of rotatable bonds is 4. The monoisotopic (exact) mass is 446 g/mol. The Morgan fingerprint density at radius 3 is 2.28 bits per heavy atom. The third kappa shape index (κ3) is 3.74. The molecule has 1 fully saturated rings. The third-order valence-electron chi connectivity index (χ3n) is 5.04. The fraction of sp³-hybridized carbons (Fsp3) is 0.238. The molecule has 0 bridgehead atoms. The molecule has 1 aromatic heterocycles. The van der Waals surface area contributed by atoms with Crippen LogP contribution in [0.25, 0.3) is 22.3 Å². The van der Waals surface area contributed by atoms with Crippen LogP contribution in [0, 0.1) is 0 Å². The molecule has 2 aromatic carbocycles. The smallest absolute Gasteiger partial charge is 0.335 e. The molecule has 1 saturated heterocycles. The molecule has 0 saturated carbocycles. The van der Waals surface area contributed by atoms with Crippen LogP contribution < -0.4 is 10.2 Å². The molecule has 4 rings (SSSR count). The van der Waals surface area contributed by atoms with Gasteiger partial charge in [-0.15, -0.1) is 0 Å². The number of carbonyl (C=O) groups is 1. The summed E-state index contributed by atoms with van der Waals surface area (Å²) in [4.78, 5) is 23.7. The van der Waals surface area contributed by atoms with Gasteiger partial charge < -0.3 is 44.5 Å². The molecule has 1 aliphatic heterocycles. The van der Waals surface area contributed by atoms with Crippen molar-refractivity contribution < 1.29 is 49.3 Å². The Bertz CT molecular complexity index is 1220. The summed E-state index contributed by atoms with van der Waals surface area (Å²) < 4.78 is 16.0. The van der Waals surface area contributed by atoms with Crippen molar-refractivity contribution in [2.24, 2.45) is 0 Å². The molecule has 0 amide bonds. The number of phenolic OH excluding ortho intramolecular Hbond substituents is 2. The first-order valence-electron chi connectivity index (χ1n) is 9.35. The molecule has 5 atom stereocenters. The molecular formula is C21H18O11. The van der Waals surface area contributed by atoms with Gasteiger partial charge in [0.05, 0.1) is 5.39 Å². The van der Waals surface area contributed by atoms with Gasteiger partial charge in [-0.3, -0.25) is 4.79 Å². The average Bonchev–Trinajstić information content (AvgIpc) is 2.76. The summed E-state index contributed by atoms with van der Waals surface area (Å²) >= 11 is 0. The van der Waals surface area contributed by atoms with E-state index in [2.05, 4.69) is 0 Å². The number of hydrogen-bond donors (Lipinski definition) is 6. The van der Waals surface area contributed by atoms with Crippen molar-refractivity contribution in [1.29, 1.82) is 0 Å². The summed E-state index contributed by atoms with van der Waals surface area (Å²) in [6, 6.07) is 9.45. The topological polar surface area (TPSA) is 187 Å². The van der Waals surface area contributed by atoms with Gasteiger partial charge in [-0.05, 0) is 36.4 Å². The van der Waals surface area contributed by atoms with Gasteiger partial charge in [-0.2, -0.15) is 0 Å². The first kappa shape index (κ1) is 21.6. The van der Waals surface area contributed by atoms with E-state index in [-0.39, 0.29) is 28.2 Å². The van der Waals surface area contributed by atoms with E-state index in [1.54, 1.807) is 0 Å². The minimum Gasteiger partial charge on any atom is -0.508 e. The number of fused-ring (bicyclic) bond motifs is 1. The van der Waals surface area contributed by atoms with Gasteiger partial charge in [-0.25, -0.2) is 4.79 Å². The highest BCUT2D eigenvalue weighted by Gasteiger charge is 2.48.